The summed E-state index contributed by atoms with van der Waals surface area (Å²) in [6.07, 6.45) is 0.328. The van der Waals surface area contributed by atoms with Crippen LogP contribution in [0.4, 0.5) is 17.1 Å². The molecule has 2 N–H and O–H groups in total. The Kier molecular flexibility index (Phi) is 3.15. The largest absolute Gasteiger partial charge is 0.490 e. The number of fused-ring (bicyclic) bond motifs is 3. The van der Waals surface area contributed by atoms with Gasteiger partial charge in [-0.05, 0) is 31.2 Å². The molecule has 2 aromatic carbocycles. The van der Waals surface area contributed by atoms with Gasteiger partial charge in [0.15, 0.2) is 5.60 Å². The van der Waals surface area contributed by atoms with Crippen LogP contribution in [0.1, 0.15) is 22.3 Å². The van der Waals surface area contributed by atoms with Crippen molar-refractivity contribution < 1.29 is 14.6 Å². The van der Waals surface area contributed by atoms with E-state index in [0.717, 1.165) is 29.2 Å². The molecule has 6 nitrogen and oxygen atoms in total. The minimum Gasteiger partial charge on any atom is -0.490 e. The molecule has 3 aliphatic heterocycles. The fraction of sp³-hybridized carbons (Fsp3) is 0.300. The summed E-state index contributed by atoms with van der Waals surface area (Å²) in [6.45, 7) is 3.86. The molecule has 0 aliphatic carbocycles. The zero-order valence-corrected chi connectivity index (χ0v) is 14.5. The van der Waals surface area contributed by atoms with Crippen molar-refractivity contribution in [3.63, 3.8) is 0 Å². The maximum absolute atomic E-state index is 13.0. The van der Waals surface area contributed by atoms with Gasteiger partial charge in [0.1, 0.15) is 18.2 Å². The molecule has 0 radical (unpaired) electrons. The third-order valence-electron chi connectivity index (χ3n) is 5.27. The van der Waals surface area contributed by atoms with E-state index in [-0.39, 0.29) is 5.78 Å². The Bertz CT molecular complexity index is 969. The molecule has 0 amide bonds. The standard InChI is InChI=1S/C20H19N3O3/c1-12-2-4-15-14(10-12)18(24)20(25)6-8-23(19(20)22-15)13-3-5-16-17(11-13)26-9-7-21-16/h2-5,10-11,21,25H,6-9H2,1H3/t20-/m1/s1. The van der Waals surface area contributed by atoms with Crippen molar-refractivity contribution in [3.05, 3.63) is 47.5 Å². The van der Waals surface area contributed by atoms with Crippen LogP contribution in [0.25, 0.3) is 0 Å². The van der Waals surface area contributed by atoms with Crippen LogP contribution in [0.3, 0.4) is 0 Å². The molecule has 132 valence electrons. The lowest BCUT2D eigenvalue weighted by molar-refractivity contribution is 0.0602. The van der Waals surface area contributed by atoms with Gasteiger partial charge in [-0.25, -0.2) is 4.99 Å². The summed E-state index contributed by atoms with van der Waals surface area (Å²) < 4.78 is 5.72. The molecule has 2 aromatic rings. The predicted molar refractivity (Wildman–Crippen MR) is 99.9 cm³/mol. The van der Waals surface area contributed by atoms with E-state index < -0.39 is 5.60 Å². The SMILES string of the molecule is Cc1ccc2c(c1)C(=O)[C@]1(O)CCN(c3ccc4c(c3)OCCN4)C1=N2. The van der Waals surface area contributed by atoms with Gasteiger partial charge in [0, 0.05) is 36.8 Å². The minimum atomic E-state index is -1.56. The highest BCUT2D eigenvalue weighted by atomic mass is 16.5. The van der Waals surface area contributed by atoms with Gasteiger partial charge in [-0.3, -0.25) is 4.79 Å². The Morgan fingerprint density at radius 2 is 2.15 bits per heavy atom. The van der Waals surface area contributed by atoms with E-state index in [0.29, 0.717) is 36.7 Å². The van der Waals surface area contributed by atoms with Gasteiger partial charge in [0.2, 0.25) is 5.78 Å². The predicted octanol–water partition coefficient (Wildman–Crippen LogP) is 2.67. The Morgan fingerprint density at radius 1 is 1.27 bits per heavy atom. The number of amidine groups is 1. The molecule has 1 fully saturated rings. The van der Waals surface area contributed by atoms with Crippen LogP contribution in [0, 0.1) is 6.92 Å². The highest BCUT2D eigenvalue weighted by Gasteiger charge is 2.52. The summed E-state index contributed by atoms with van der Waals surface area (Å²) in [4.78, 5) is 19.6. The average Bonchev–Trinajstić information content (AvgIpc) is 3.00. The maximum Gasteiger partial charge on any atom is 0.204 e. The number of aliphatic imine (C=N–C) groups is 1. The number of hydrogen-bond acceptors (Lipinski definition) is 6. The Morgan fingerprint density at radius 3 is 3.04 bits per heavy atom. The number of aliphatic hydroxyl groups is 1. The molecule has 5 rings (SSSR count). The molecule has 26 heavy (non-hydrogen) atoms. The van der Waals surface area contributed by atoms with Crippen LogP contribution in [0.15, 0.2) is 41.4 Å². The number of ether oxygens (including phenoxy) is 1. The summed E-state index contributed by atoms with van der Waals surface area (Å²) >= 11 is 0. The molecular weight excluding hydrogens is 330 g/mol. The molecule has 6 heteroatoms. The molecule has 0 spiro atoms. The molecule has 1 atom stereocenters. The van der Waals surface area contributed by atoms with Crippen LogP contribution in [-0.4, -0.2) is 42.0 Å². The fourth-order valence-corrected chi connectivity index (χ4v) is 3.89. The van der Waals surface area contributed by atoms with Crippen molar-refractivity contribution in [2.24, 2.45) is 4.99 Å². The summed E-state index contributed by atoms with van der Waals surface area (Å²) in [5, 5.41) is 14.4. The lowest BCUT2D eigenvalue weighted by atomic mass is 9.87. The van der Waals surface area contributed by atoms with Crippen molar-refractivity contribution >= 4 is 28.7 Å². The smallest absolute Gasteiger partial charge is 0.204 e. The fourth-order valence-electron chi connectivity index (χ4n) is 3.89. The van der Waals surface area contributed by atoms with Crippen molar-refractivity contribution in [3.8, 4) is 5.75 Å². The monoisotopic (exact) mass is 349 g/mol. The van der Waals surface area contributed by atoms with E-state index in [1.54, 1.807) is 6.07 Å². The molecule has 0 unspecified atom stereocenters. The quantitative estimate of drug-likeness (QED) is 0.828. The summed E-state index contributed by atoms with van der Waals surface area (Å²) in [5.74, 6) is 0.921. The summed E-state index contributed by atoms with van der Waals surface area (Å²) in [6, 6.07) is 11.4. The number of Topliss-reactive ketones (excluding diaryl/α,β-unsaturated/α-hetero) is 1. The second-order valence-corrected chi connectivity index (χ2v) is 7.00. The second-order valence-electron chi connectivity index (χ2n) is 7.00. The Labute approximate surface area is 151 Å². The van der Waals surface area contributed by atoms with Gasteiger partial charge in [0.05, 0.1) is 11.4 Å². The van der Waals surface area contributed by atoms with E-state index in [4.69, 9.17) is 4.74 Å². The number of benzene rings is 2. The first-order valence-electron chi connectivity index (χ1n) is 8.81. The van der Waals surface area contributed by atoms with E-state index in [9.17, 15) is 9.90 Å². The average molecular weight is 349 g/mol. The lowest BCUT2D eigenvalue weighted by Crippen LogP contribution is -2.48. The zero-order valence-electron chi connectivity index (χ0n) is 14.5. The van der Waals surface area contributed by atoms with Gasteiger partial charge in [-0.2, -0.15) is 0 Å². The number of carbonyl (C=O) groups excluding carboxylic acids is 1. The van der Waals surface area contributed by atoms with Crippen LogP contribution in [0.5, 0.6) is 5.75 Å². The molecular formula is C20H19N3O3. The topological polar surface area (TPSA) is 74.2 Å². The summed E-state index contributed by atoms with van der Waals surface area (Å²) in [5.41, 5.74) is 2.35. The third-order valence-corrected chi connectivity index (χ3v) is 5.27. The van der Waals surface area contributed by atoms with Crippen molar-refractivity contribution in [1.29, 1.82) is 0 Å². The third kappa shape index (κ3) is 2.08. The van der Waals surface area contributed by atoms with Crippen LogP contribution in [-0.2, 0) is 0 Å². The number of nitrogens with zero attached hydrogens (tertiary/aromatic N) is 2. The van der Waals surface area contributed by atoms with E-state index in [2.05, 4.69) is 10.3 Å². The second kappa shape index (κ2) is 5.32. The van der Waals surface area contributed by atoms with Crippen LogP contribution in [0.2, 0.25) is 0 Å². The molecule has 0 bridgehead atoms. The number of anilines is 2. The lowest BCUT2D eigenvalue weighted by Gasteiger charge is -2.30. The maximum atomic E-state index is 13.0. The van der Waals surface area contributed by atoms with E-state index in [1.165, 1.54) is 0 Å². The van der Waals surface area contributed by atoms with Gasteiger partial charge < -0.3 is 20.1 Å². The molecule has 0 aromatic heterocycles. The Balaban J connectivity index is 1.61. The van der Waals surface area contributed by atoms with Crippen molar-refractivity contribution in [2.75, 3.05) is 29.9 Å². The van der Waals surface area contributed by atoms with Crippen LogP contribution < -0.4 is 15.0 Å². The van der Waals surface area contributed by atoms with Crippen molar-refractivity contribution in [2.45, 2.75) is 18.9 Å². The number of rotatable bonds is 1. The Hall–Kier alpha value is -2.86. The number of hydrogen-bond donors (Lipinski definition) is 2. The molecule has 0 saturated carbocycles. The highest BCUT2D eigenvalue weighted by molar-refractivity contribution is 6.28. The van der Waals surface area contributed by atoms with Gasteiger partial charge in [0.25, 0.3) is 0 Å². The number of ketones is 1. The first-order valence-corrected chi connectivity index (χ1v) is 8.81. The number of nitrogens with one attached hydrogen (secondary N) is 1. The minimum absolute atomic E-state index is 0.264. The normalized spacial score (nSPS) is 23.4. The zero-order chi connectivity index (χ0) is 17.9. The van der Waals surface area contributed by atoms with Gasteiger partial charge >= 0.3 is 0 Å². The molecule has 3 heterocycles. The van der Waals surface area contributed by atoms with E-state index in [1.807, 2.05) is 42.2 Å². The summed E-state index contributed by atoms with van der Waals surface area (Å²) in [7, 11) is 0. The first-order chi connectivity index (χ1) is 12.6. The van der Waals surface area contributed by atoms with Crippen LogP contribution >= 0.6 is 0 Å². The van der Waals surface area contributed by atoms with Gasteiger partial charge in [-0.1, -0.05) is 11.6 Å². The number of carbonyl (C=O) groups is 1. The van der Waals surface area contributed by atoms with Crippen molar-refractivity contribution in [1.82, 2.24) is 0 Å². The molecule has 1 saturated heterocycles. The molecule has 3 aliphatic rings. The highest BCUT2D eigenvalue weighted by Crippen LogP contribution is 2.41. The van der Waals surface area contributed by atoms with Gasteiger partial charge in [-0.15, -0.1) is 0 Å². The van der Waals surface area contributed by atoms with E-state index >= 15 is 0 Å². The first kappa shape index (κ1) is 15.4. The number of aryl methyl sites for hydroxylation is 1.